The van der Waals surface area contributed by atoms with Crippen LogP contribution in [0.4, 0.5) is 23.7 Å². The summed E-state index contributed by atoms with van der Waals surface area (Å²) in [5, 5.41) is 4.95. The van der Waals surface area contributed by atoms with Crippen molar-refractivity contribution in [2.24, 2.45) is 0 Å². The average Bonchev–Trinajstić information content (AvgIpc) is 2.89. The van der Waals surface area contributed by atoms with Crippen molar-refractivity contribution in [3.8, 4) is 0 Å². The van der Waals surface area contributed by atoms with Crippen molar-refractivity contribution in [2.45, 2.75) is 25.1 Å². The molecule has 1 aliphatic heterocycles. The molecule has 1 aromatic carbocycles. The van der Waals surface area contributed by atoms with E-state index in [0.717, 1.165) is 25.0 Å². The molecule has 1 heterocycles. The van der Waals surface area contributed by atoms with Gasteiger partial charge in [-0.25, -0.2) is 4.79 Å². The first kappa shape index (κ1) is 14.6. The van der Waals surface area contributed by atoms with E-state index < -0.39 is 17.8 Å². The molecule has 0 aromatic heterocycles. The smallest absolute Gasteiger partial charge is 0.376 e. The lowest BCUT2D eigenvalue weighted by molar-refractivity contribution is -0.137. The molecule has 0 unspecified atom stereocenters. The fourth-order valence-electron chi connectivity index (χ4n) is 1.96. The normalized spacial score (nSPS) is 18.9. The predicted molar refractivity (Wildman–Crippen MR) is 67.4 cm³/mol. The summed E-state index contributed by atoms with van der Waals surface area (Å²) in [6.45, 7) is 1.03. The molecule has 0 radical (unpaired) electrons. The monoisotopic (exact) mass is 288 g/mol. The summed E-state index contributed by atoms with van der Waals surface area (Å²) in [4.78, 5) is 11.6. The molecule has 0 saturated carbocycles. The van der Waals surface area contributed by atoms with Crippen molar-refractivity contribution < 1.29 is 22.7 Å². The Hall–Kier alpha value is -1.76. The Morgan fingerprint density at radius 1 is 1.40 bits per heavy atom. The lowest BCUT2D eigenvalue weighted by atomic mass is 10.2. The van der Waals surface area contributed by atoms with Crippen LogP contribution in [-0.2, 0) is 10.9 Å². The molecule has 1 atom stereocenters. The molecule has 20 heavy (non-hydrogen) atoms. The summed E-state index contributed by atoms with van der Waals surface area (Å²) < 4.78 is 42.9. The van der Waals surface area contributed by atoms with Gasteiger partial charge in [0, 0.05) is 18.8 Å². The van der Waals surface area contributed by atoms with Gasteiger partial charge in [0.25, 0.3) is 0 Å². The quantitative estimate of drug-likeness (QED) is 0.898. The van der Waals surface area contributed by atoms with Gasteiger partial charge in [-0.1, -0.05) is 6.07 Å². The third-order valence-electron chi connectivity index (χ3n) is 2.96. The average molecular weight is 288 g/mol. The lowest BCUT2D eigenvalue weighted by Gasteiger charge is -2.13. The van der Waals surface area contributed by atoms with E-state index >= 15 is 0 Å². The molecule has 1 saturated heterocycles. The van der Waals surface area contributed by atoms with E-state index in [1.54, 1.807) is 0 Å². The van der Waals surface area contributed by atoms with Crippen LogP contribution >= 0.6 is 0 Å². The number of carbonyl (C=O) groups is 1. The first-order valence-electron chi connectivity index (χ1n) is 6.29. The van der Waals surface area contributed by atoms with Crippen LogP contribution in [-0.4, -0.2) is 25.3 Å². The number of rotatable bonds is 3. The van der Waals surface area contributed by atoms with Crippen molar-refractivity contribution in [2.75, 3.05) is 18.5 Å². The highest BCUT2D eigenvalue weighted by atomic mass is 19.4. The zero-order chi connectivity index (χ0) is 14.6. The molecule has 7 heteroatoms. The van der Waals surface area contributed by atoms with Crippen LogP contribution in [0.3, 0.4) is 0 Å². The van der Waals surface area contributed by atoms with Gasteiger partial charge in [-0.3, -0.25) is 0 Å². The van der Waals surface area contributed by atoms with E-state index in [0.29, 0.717) is 13.2 Å². The van der Waals surface area contributed by atoms with Crippen LogP contribution in [0.5, 0.6) is 0 Å². The molecule has 110 valence electrons. The van der Waals surface area contributed by atoms with Crippen LogP contribution in [0.15, 0.2) is 24.3 Å². The standard InChI is InChI=1S/C13H15F3N2O2/c14-13(15,16)9-3-1-4-10(7-9)18-12(19)17-8-11-5-2-6-20-11/h1,3-4,7,11H,2,5-6,8H2,(H2,17,18,19)/t11-/m0/s1. The highest BCUT2D eigenvalue weighted by Gasteiger charge is 2.30. The second-order valence-corrected chi connectivity index (χ2v) is 4.55. The topological polar surface area (TPSA) is 50.4 Å². The molecule has 2 rings (SSSR count). The summed E-state index contributed by atoms with van der Waals surface area (Å²) in [5.74, 6) is 0. The molecule has 1 aliphatic rings. The molecule has 4 nitrogen and oxygen atoms in total. The Balaban J connectivity index is 1.87. The first-order chi connectivity index (χ1) is 9.45. The second kappa shape index (κ2) is 6.13. The van der Waals surface area contributed by atoms with Gasteiger partial charge in [-0.05, 0) is 31.0 Å². The molecule has 2 N–H and O–H groups in total. The van der Waals surface area contributed by atoms with Gasteiger partial charge in [-0.15, -0.1) is 0 Å². The number of carbonyl (C=O) groups excluding carboxylic acids is 1. The van der Waals surface area contributed by atoms with Crippen molar-refractivity contribution in [1.29, 1.82) is 0 Å². The fourth-order valence-corrected chi connectivity index (χ4v) is 1.96. The molecular weight excluding hydrogens is 273 g/mol. The molecule has 1 fully saturated rings. The van der Waals surface area contributed by atoms with Crippen molar-refractivity contribution in [1.82, 2.24) is 5.32 Å². The lowest BCUT2D eigenvalue weighted by Crippen LogP contribution is -2.35. The summed E-state index contributed by atoms with van der Waals surface area (Å²) in [6, 6.07) is 3.96. The maximum atomic E-state index is 12.5. The molecule has 2 amide bonds. The van der Waals surface area contributed by atoms with Crippen molar-refractivity contribution >= 4 is 11.7 Å². The zero-order valence-corrected chi connectivity index (χ0v) is 10.7. The van der Waals surface area contributed by atoms with E-state index in [4.69, 9.17) is 4.74 Å². The van der Waals surface area contributed by atoms with E-state index in [2.05, 4.69) is 10.6 Å². The fraction of sp³-hybridized carbons (Fsp3) is 0.462. The van der Waals surface area contributed by atoms with E-state index in [1.807, 2.05) is 0 Å². The van der Waals surface area contributed by atoms with Crippen molar-refractivity contribution in [3.05, 3.63) is 29.8 Å². The maximum Gasteiger partial charge on any atom is 0.416 e. The number of hydrogen-bond donors (Lipinski definition) is 2. The summed E-state index contributed by atoms with van der Waals surface area (Å²) >= 11 is 0. The number of urea groups is 1. The molecular formula is C13H15F3N2O2. The van der Waals surface area contributed by atoms with Gasteiger partial charge >= 0.3 is 12.2 Å². The molecule has 1 aromatic rings. The minimum absolute atomic E-state index is 0.0118. The van der Waals surface area contributed by atoms with Gasteiger partial charge in [0.1, 0.15) is 0 Å². The maximum absolute atomic E-state index is 12.5. The highest BCUT2D eigenvalue weighted by Crippen LogP contribution is 2.30. The summed E-state index contributed by atoms with van der Waals surface area (Å²) in [6.07, 6.45) is -2.60. The Labute approximate surface area is 114 Å². The molecule has 0 spiro atoms. The van der Waals surface area contributed by atoms with Crippen LogP contribution in [0.25, 0.3) is 0 Å². The SMILES string of the molecule is O=C(NC[C@@H]1CCCO1)Nc1cccc(C(F)(F)F)c1. The van der Waals surface area contributed by atoms with Gasteiger partial charge in [0.05, 0.1) is 11.7 Å². The van der Waals surface area contributed by atoms with Gasteiger partial charge in [0.15, 0.2) is 0 Å². The third-order valence-corrected chi connectivity index (χ3v) is 2.96. The minimum Gasteiger partial charge on any atom is -0.376 e. The largest absolute Gasteiger partial charge is 0.416 e. The third kappa shape index (κ3) is 4.12. The number of amides is 2. The van der Waals surface area contributed by atoms with Crippen LogP contribution in [0.1, 0.15) is 18.4 Å². The number of halogens is 3. The number of ether oxygens (including phenoxy) is 1. The van der Waals surface area contributed by atoms with Crippen LogP contribution < -0.4 is 10.6 Å². The summed E-state index contributed by atoms with van der Waals surface area (Å²) in [7, 11) is 0. The Kier molecular flexibility index (Phi) is 4.49. The van der Waals surface area contributed by atoms with Crippen LogP contribution in [0.2, 0.25) is 0 Å². The van der Waals surface area contributed by atoms with Gasteiger partial charge < -0.3 is 15.4 Å². The number of benzene rings is 1. The number of alkyl halides is 3. The molecule has 0 bridgehead atoms. The van der Waals surface area contributed by atoms with Gasteiger partial charge in [0.2, 0.25) is 0 Å². The van der Waals surface area contributed by atoms with Crippen molar-refractivity contribution in [3.63, 3.8) is 0 Å². The second-order valence-electron chi connectivity index (χ2n) is 4.55. The summed E-state index contributed by atoms with van der Waals surface area (Å²) in [5.41, 5.74) is -0.695. The Morgan fingerprint density at radius 2 is 2.20 bits per heavy atom. The van der Waals surface area contributed by atoms with Gasteiger partial charge in [-0.2, -0.15) is 13.2 Å². The molecule has 0 aliphatic carbocycles. The predicted octanol–water partition coefficient (Wildman–Crippen LogP) is 3.01. The zero-order valence-electron chi connectivity index (χ0n) is 10.7. The number of hydrogen-bond acceptors (Lipinski definition) is 2. The highest BCUT2D eigenvalue weighted by molar-refractivity contribution is 5.89. The van der Waals surface area contributed by atoms with E-state index in [1.165, 1.54) is 12.1 Å². The first-order valence-corrected chi connectivity index (χ1v) is 6.29. The number of anilines is 1. The Bertz CT molecular complexity index is 471. The van der Waals surface area contributed by atoms with Crippen LogP contribution in [0, 0.1) is 0 Å². The number of nitrogens with one attached hydrogen (secondary N) is 2. The van der Waals surface area contributed by atoms with E-state index in [-0.39, 0.29) is 11.8 Å². The Morgan fingerprint density at radius 3 is 2.85 bits per heavy atom. The minimum atomic E-state index is -4.42. The van der Waals surface area contributed by atoms with E-state index in [9.17, 15) is 18.0 Å².